The molecule has 0 aliphatic heterocycles. The predicted molar refractivity (Wildman–Crippen MR) is 72.3 cm³/mol. The number of carbonyl (C=O) groups is 1. The largest absolute Gasteiger partial charge is 0.481 e. The van der Waals surface area contributed by atoms with Crippen molar-refractivity contribution in [2.45, 2.75) is 27.2 Å². The summed E-state index contributed by atoms with van der Waals surface area (Å²) in [4.78, 5) is 19.3. The topological polar surface area (TPSA) is 84.3 Å². The minimum atomic E-state index is -0.811. The van der Waals surface area contributed by atoms with E-state index in [0.29, 0.717) is 24.8 Å². The lowest BCUT2D eigenvalue weighted by atomic mass is 9.96. The minimum absolute atomic E-state index is 0.0532. The van der Waals surface area contributed by atoms with Gasteiger partial charge in [0.15, 0.2) is 0 Å². The number of nitrogens with zero attached hydrogens (tertiary/aromatic N) is 2. The lowest BCUT2D eigenvalue weighted by molar-refractivity contribution is -0.142. The van der Waals surface area contributed by atoms with Gasteiger partial charge in [-0.1, -0.05) is 20.8 Å². The maximum absolute atomic E-state index is 11.1. The van der Waals surface area contributed by atoms with Gasteiger partial charge in [0.2, 0.25) is 5.88 Å². The average Bonchev–Trinajstić information content (AvgIpc) is 2.36. The number of hydrogen-bond acceptors (Lipinski definition) is 5. The number of rotatable bonds is 8. The van der Waals surface area contributed by atoms with Gasteiger partial charge >= 0.3 is 5.97 Å². The zero-order valence-electron chi connectivity index (χ0n) is 11.6. The van der Waals surface area contributed by atoms with Crippen LogP contribution >= 0.6 is 0 Å². The smallest absolute Gasteiger partial charge is 0.308 e. The van der Waals surface area contributed by atoms with Gasteiger partial charge in [-0.3, -0.25) is 9.78 Å². The molecule has 0 aliphatic rings. The molecule has 0 aromatic carbocycles. The van der Waals surface area contributed by atoms with Gasteiger partial charge in [-0.05, 0) is 12.3 Å². The van der Waals surface area contributed by atoms with Crippen molar-refractivity contribution in [3.05, 3.63) is 12.4 Å². The van der Waals surface area contributed by atoms with E-state index in [0.717, 1.165) is 6.42 Å². The first kappa shape index (κ1) is 15.2. The Bertz CT molecular complexity index is 410. The maximum atomic E-state index is 11.1. The van der Waals surface area contributed by atoms with Gasteiger partial charge in [0.1, 0.15) is 5.82 Å². The second kappa shape index (κ2) is 7.56. The molecule has 6 heteroatoms. The number of aliphatic carboxylic acids is 1. The summed E-state index contributed by atoms with van der Waals surface area (Å²) in [7, 11) is 0. The fourth-order valence-electron chi connectivity index (χ4n) is 1.53. The van der Waals surface area contributed by atoms with Gasteiger partial charge in [-0.25, -0.2) is 0 Å². The fraction of sp³-hybridized carbons (Fsp3) is 0.615. The molecular weight excluding hydrogens is 246 g/mol. The Labute approximate surface area is 113 Å². The summed E-state index contributed by atoms with van der Waals surface area (Å²) in [5, 5.41) is 12.1. The zero-order chi connectivity index (χ0) is 14.3. The van der Waals surface area contributed by atoms with Crippen LogP contribution in [-0.4, -0.2) is 34.2 Å². The van der Waals surface area contributed by atoms with Crippen LogP contribution in [0.15, 0.2) is 12.4 Å². The van der Waals surface area contributed by atoms with E-state index in [9.17, 15) is 4.79 Å². The van der Waals surface area contributed by atoms with Crippen molar-refractivity contribution in [1.82, 2.24) is 9.97 Å². The molecule has 0 saturated heterocycles. The van der Waals surface area contributed by atoms with E-state index in [1.807, 2.05) is 20.8 Å². The fourth-order valence-corrected chi connectivity index (χ4v) is 1.53. The molecule has 1 aromatic rings. The van der Waals surface area contributed by atoms with Crippen LogP contribution in [0.3, 0.4) is 0 Å². The van der Waals surface area contributed by atoms with Gasteiger partial charge in [-0.2, -0.15) is 4.98 Å². The zero-order valence-corrected chi connectivity index (χ0v) is 11.6. The molecule has 0 spiro atoms. The molecule has 1 rings (SSSR count). The first-order chi connectivity index (χ1) is 9.04. The van der Waals surface area contributed by atoms with E-state index in [-0.39, 0.29) is 5.92 Å². The van der Waals surface area contributed by atoms with Crippen molar-refractivity contribution in [1.29, 1.82) is 0 Å². The van der Waals surface area contributed by atoms with Crippen molar-refractivity contribution in [3.63, 3.8) is 0 Å². The minimum Gasteiger partial charge on any atom is -0.481 e. The summed E-state index contributed by atoms with van der Waals surface area (Å²) in [6.07, 6.45) is 3.99. The molecule has 0 saturated carbocycles. The normalized spacial score (nSPS) is 12.2. The number of hydrogen-bond donors (Lipinski definition) is 2. The van der Waals surface area contributed by atoms with E-state index < -0.39 is 11.9 Å². The van der Waals surface area contributed by atoms with E-state index in [1.54, 1.807) is 6.20 Å². The monoisotopic (exact) mass is 267 g/mol. The van der Waals surface area contributed by atoms with E-state index in [2.05, 4.69) is 15.3 Å². The molecule has 19 heavy (non-hydrogen) atoms. The average molecular weight is 267 g/mol. The first-order valence-corrected chi connectivity index (χ1v) is 6.46. The maximum Gasteiger partial charge on any atom is 0.308 e. The highest BCUT2D eigenvalue weighted by atomic mass is 16.5. The molecule has 1 heterocycles. The molecule has 1 aromatic heterocycles. The Morgan fingerprint density at radius 1 is 1.47 bits per heavy atom. The van der Waals surface area contributed by atoms with Crippen LogP contribution in [0.2, 0.25) is 0 Å². The summed E-state index contributed by atoms with van der Waals surface area (Å²) in [6.45, 7) is 6.68. The molecule has 106 valence electrons. The van der Waals surface area contributed by atoms with Crippen molar-refractivity contribution < 1.29 is 14.6 Å². The molecule has 0 bridgehead atoms. The number of carboxylic acids is 1. The highest BCUT2D eigenvalue weighted by Gasteiger charge is 2.21. The van der Waals surface area contributed by atoms with E-state index in [1.165, 1.54) is 6.20 Å². The molecule has 0 radical (unpaired) electrons. The summed E-state index contributed by atoms with van der Waals surface area (Å²) >= 11 is 0. The Morgan fingerprint density at radius 3 is 2.79 bits per heavy atom. The Kier molecular flexibility index (Phi) is 6.05. The molecule has 0 fully saturated rings. The third kappa shape index (κ3) is 5.11. The van der Waals surface area contributed by atoms with Gasteiger partial charge in [0.25, 0.3) is 0 Å². The van der Waals surface area contributed by atoms with Gasteiger partial charge in [0.05, 0.1) is 24.9 Å². The number of ether oxygens (including phenoxy) is 1. The highest BCUT2D eigenvalue weighted by molar-refractivity contribution is 5.71. The van der Waals surface area contributed by atoms with Crippen LogP contribution in [0.5, 0.6) is 5.88 Å². The van der Waals surface area contributed by atoms with E-state index >= 15 is 0 Å². The number of nitrogens with one attached hydrogen (secondary N) is 1. The van der Waals surface area contributed by atoms with Crippen LogP contribution in [0.1, 0.15) is 27.2 Å². The van der Waals surface area contributed by atoms with Gasteiger partial charge in [-0.15, -0.1) is 0 Å². The van der Waals surface area contributed by atoms with E-state index in [4.69, 9.17) is 9.84 Å². The van der Waals surface area contributed by atoms with Crippen LogP contribution < -0.4 is 10.1 Å². The summed E-state index contributed by atoms with van der Waals surface area (Å²) < 4.78 is 5.37. The molecule has 0 aliphatic carbocycles. The Morgan fingerprint density at radius 2 is 2.21 bits per heavy atom. The Hall–Kier alpha value is -1.85. The number of carboxylic acid groups (broad SMARTS) is 1. The molecule has 2 N–H and O–H groups in total. The van der Waals surface area contributed by atoms with Crippen LogP contribution in [0, 0.1) is 11.8 Å². The molecule has 0 amide bonds. The van der Waals surface area contributed by atoms with Gasteiger partial charge < -0.3 is 15.2 Å². The first-order valence-electron chi connectivity index (χ1n) is 6.46. The quantitative estimate of drug-likeness (QED) is 0.749. The Balaban J connectivity index is 2.59. The molecule has 1 atom stereocenters. The van der Waals surface area contributed by atoms with Gasteiger partial charge in [0, 0.05) is 6.54 Å². The van der Waals surface area contributed by atoms with Crippen LogP contribution in [0.25, 0.3) is 0 Å². The standard InChI is InChI=1S/C13H21N3O3/c1-4-5-19-12-8-14-7-11(16-12)15-6-10(9(2)3)13(17)18/h7-10H,4-6H2,1-3H3,(H,15,16)(H,17,18). The van der Waals surface area contributed by atoms with Crippen molar-refractivity contribution in [2.24, 2.45) is 11.8 Å². The second-order valence-corrected chi connectivity index (χ2v) is 4.66. The molecule has 6 nitrogen and oxygen atoms in total. The number of aromatic nitrogens is 2. The highest BCUT2D eigenvalue weighted by Crippen LogP contribution is 2.14. The predicted octanol–water partition coefficient (Wildman–Crippen LogP) is 2.03. The lowest BCUT2D eigenvalue weighted by Crippen LogP contribution is -2.27. The number of anilines is 1. The molecular formula is C13H21N3O3. The second-order valence-electron chi connectivity index (χ2n) is 4.66. The molecule has 1 unspecified atom stereocenters. The van der Waals surface area contributed by atoms with Crippen LogP contribution in [-0.2, 0) is 4.79 Å². The third-order valence-corrected chi connectivity index (χ3v) is 2.69. The summed E-state index contributed by atoms with van der Waals surface area (Å²) in [5.41, 5.74) is 0. The SMILES string of the molecule is CCCOc1cncc(NCC(C(=O)O)C(C)C)n1. The summed E-state index contributed by atoms with van der Waals surface area (Å²) in [5.74, 6) is -0.239. The summed E-state index contributed by atoms with van der Waals surface area (Å²) in [6, 6.07) is 0. The van der Waals surface area contributed by atoms with Crippen molar-refractivity contribution >= 4 is 11.8 Å². The lowest BCUT2D eigenvalue weighted by Gasteiger charge is -2.17. The third-order valence-electron chi connectivity index (χ3n) is 2.69. The van der Waals surface area contributed by atoms with Crippen molar-refractivity contribution in [2.75, 3.05) is 18.5 Å². The van der Waals surface area contributed by atoms with Crippen molar-refractivity contribution in [3.8, 4) is 5.88 Å². The van der Waals surface area contributed by atoms with Crippen LogP contribution in [0.4, 0.5) is 5.82 Å².